The zero-order valence-corrected chi connectivity index (χ0v) is 11.8. The lowest BCUT2D eigenvalue weighted by atomic mass is 9.85. The number of ether oxygens (including phenoxy) is 1. The summed E-state index contributed by atoms with van der Waals surface area (Å²) in [7, 11) is 0. The summed E-state index contributed by atoms with van der Waals surface area (Å²) in [5.74, 6) is 2.81. The molecule has 0 saturated heterocycles. The SMILES string of the molecule is CC(C)C(c1noc(CCOCCN)n1)C(C)C. The quantitative estimate of drug-likeness (QED) is 0.719. The van der Waals surface area contributed by atoms with E-state index in [9.17, 15) is 0 Å². The average molecular weight is 255 g/mol. The molecule has 5 heteroatoms. The van der Waals surface area contributed by atoms with Gasteiger partial charge < -0.3 is 15.0 Å². The van der Waals surface area contributed by atoms with Gasteiger partial charge in [-0.2, -0.15) is 4.98 Å². The van der Waals surface area contributed by atoms with Crippen LogP contribution >= 0.6 is 0 Å². The summed E-state index contributed by atoms with van der Waals surface area (Å²) in [5, 5.41) is 4.09. The zero-order valence-electron chi connectivity index (χ0n) is 11.8. The minimum atomic E-state index is 0.340. The fourth-order valence-corrected chi connectivity index (χ4v) is 2.22. The number of nitrogens with zero attached hydrogens (tertiary/aromatic N) is 2. The maximum Gasteiger partial charge on any atom is 0.228 e. The van der Waals surface area contributed by atoms with Crippen LogP contribution in [0, 0.1) is 11.8 Å². The molecule has 1 rings (SSSR count). The average Bonchev–Trinajstić information content (AvgIpc) is 2.72. The van der Waals surface area contributed by atoms with E-state index in [-0.39, 0.29) is 0 Å². The third-order valence-electron chi connectivity index (χ3n) is 2.94. The predicted molar refractivity (Wildman–Crippen MR) is 70.3 cm³/mol. The van der Waals surface area contributed by atoms with Gasteiger partial charge in [0.1, 0.15) is 0 Å². The summed E-state index contributed by atoms with van der Waals surface area (Å²) in [6.45, 7) is 10.4. The van der Waals surface area contributed by atoms with Crippen molar-refractivity contribution in [1.29, 1.82) is 0 Å². The molecule has 0 unspecified atom stereocenters. The van der Waals surface area contributed by atoms with Crippen molar-refractivity contribution < 1.29 is 9.26 Å². The Labute approximate surface area is 109 Å². The maximum atomic E-state index is 5.34. The highest BCUT2D eigenvalue weighted by molar-refractivity contribution is 4.98. The molecule has 0 bridgehead atoms. The van der Waals surface area contributed by atoms with E-state index in [0.29, 0.717) is 49.8 Å². The Bertz CT molecular complexity index is 329. The summed E-state index contributed by atoms with van der Waals surface area (Å²) in [5.41, 5.74) is 5.34. The number of nitrogens with two attached hydrogens (primary N) is 1. The molecule has 0 spiro atoms. The summed E-state index contributed by atoms with van der Waals surface area (Å²) < 4.78 is 10.6. The van der Waals surface area contributed by atoms with Crippen molar-refractivity contribution in [3.63, 3.8) is 0 Å². The van der Waals surface area contributed by atoms with E-state index >= 15 is 0 Å². The minimum Gasteiger partial charge on any atom is -0.380 e. The van der Waals surface area contributed by atoms with Crippen LogP contribution in [0.15, 0.2) is 4.52 Å². The van der Waals surface area contributed by atoms with E-state index in [2.05, 4.69) is 37.8 Å². The molecule has 0 aliphatic carbocycles. The highest BCUT2D eigenvalue weighted by Gasteiger charge is 2.24. The Balaban J connectivity index is 2.55. The van der Waals surface area contributed by atoms with Gasteiger partial charge in [0.25, 0.3) is 0 Å². The van der Waals surface area contributed by atoms with Crippen LogP contribution in [0.2, 0.25) is 0 Å². The third-order valence-corrected chi connectivity index (χ3v) is 2.94. The third kappa shape index (κ3) is 4.38. The van der Waals surface area contributed by atoms with Crippen molar-refractivity contribution in [2.24, 2.45) is 17.6 Å². The fraction of sp³-hybridized carbons (Fsp3) is 0.846. The van der Waals surface area contributed by atoms with Gasteiger partial charge in [-0.25, -0.2) is 0 Å². The summed E-state index contributed by atoms with van der Waals surface area (Å²) in [6, 6.07) is 0. The molecule has 0 aliphatic heterocycles. The molecule has 1 heterocycles. The Morgan fingerprint density at radius 2 is 1.83 bits per heavy atom. The number of hydrogen-bond donors (Lipinski definition) is 1. The first-order chi connectivity index (χ1) is 8.56. The number of rotatable bonds is 8. The summed E-state index contributed by atoms with van der Waals surface area (Å²) in [4.78, 5) is 4.46. The first-order valence-corrected chi connectivity index (χ1v) is 6.66. The predicted octanol–water partition coefficient (Wildman–Crippen LogP) is 1.98. The molecule has 104 valence electrons. The molecule has 0 amide bonds. The summed E-state index contributed by atoms with van der Waals surface area (Å²) in [6.07, 6.45) is 0.649. The van der Waals surface area contributed by atoms with Gasteiger partial charge in [0, 0.05) is 12.5 Å². The molecular formula is C13H25N3O2. The van der Waals surface area contributed by atoms with Crippen LogP contribution in [0.5, 0.6) is 0 Å². The number of aromatic nitrogens is 2. The fourth-order valence-electron chi connectivity index (χ4n) is 2.22. The van der Waals surface area contributed by atoms with Crippen LogP contribution in [0.1, 0.15) is 45.3 Å². The van der Waals surface area contributed by atoms with Crippen molar-refractivity contribution in [2.75, 3.05) is 19.8 Å². The Hall–Kier alpha value is -0.940. The maximum absolute atomic E-state index is 5.34. The molecule has 2 N–H and O–H groups in total. The first kappa shape index (κ1) is 15.1. The van der Waals surface area contributed by atoms with Gasteiger partial charge in [-0.15, -0.1) is 0 Å². The molecule has 0 aromatic carbocycles. The molecule has 0 atom stereocenters. The van der Waals surface area contributed by atoms with Gasteiger partial charge in [-0.3, -0.25) is 0 Å². The first-order valence-electron chi connectivity index (χ1n) is 6.66. The van der Waals surface area contributed by atoms with Crippen LogP contribution in [-0.2, 0) is 11.2 Å². The van der Waals surface area contributed by atoms with Gasteiger partial charge in [0.2, 0.25) is 5.89 Å². The molecule has 0 aliphatic rings. The molecule has 0 radical (unpaired) electrons. The molecular weight excluding hydrogens is 230 g/mol. The molecule has 0 fully saturated rings. The van der Waals surface area contributed by atoms with Gasteiger partial charge in [-0.05, 0) is 11.8 Å². The van der Waals surface area contributed by atoms with Crippen LogP contribution in [0.4, 0.5) is 0 Å². The molecule has 5 nitrogen and oxygen atoms in total. The van der Waals surface area contributed by atoms with E-state index in [1.807, 2.05) is 0 Å². The van der Waals surface area contributed by atoms with E-state index in [1.165, 1.54) is 0 Å². The second-order valence-electron chi connectivity index (χ2n) is 5.21. The molecule has 0 saturated carbocycles. The van der Waals surface area contributed by atoms with E-state index in [1.54, 1.807) is 0 Å². The normalized spacial score (nSPS) is 12.0. The highest BCUT2D eigenvalue weighted by atomic mass is 16.5. The highest BCUT2D eigenvalue weighted by Crippen LogP contribution is 2.29. The molecule has 1 aromatic heterocycles. The topological polar surface area (TPSA) is 74.2 Å². The van der Waals surface area contributed by atoms with Crippen molar-refractivity contribution >= 4 is 0 Å². The Morgan fingerprint density at radius 1 is 1.17 bits per heavy atom. The monoisotopic (exact) mass is 255 g/mol. The lowest BCUT2D eigenvalue weighted by molar-refractivity contribution is 0.138. The van der Waals surface area contributed by atoms with Gasteiger partial charge >= 0.3 is 0 Å². The van der Waals surface area contributed by atoms with Crippen LogP contribution in [-0.4, -0.2) is 29.9 Å². The smallest absolute Gasteiger partial charge is 0.228 e. The van der Waals surface area contributed by atoms with E-state index in [0.717, 1.165) is 5.82 Å². The minimum absolute atomic E-state index is 0.340. The largest absolute Gasteiger partial charge is 0.380 e. The van der Waals surface area contributed by atoms with Crippen molar-refractivity contribution in [3.05, 3.63) is 11.7 Å². The molecule has 1 aromatic rings. The second kappa shape index (κ2) is 7.48. The van der Waals surface area contributed by atoms with Gasteiger partial charge in [0.05, 0.1) is 19.6 Å². The number of hydrogen-bond acceptors (Lipinski definition) is 5. The lowest BCUT2D eigenvalue weighted by Crippen LogP contribution is -2.15. The van der Waals surface area contributed by atoms with Gasteiger partial charge in [0.15, 0.2) is 5.82 Å². The van der Waals surface area contributed by atoms with Crippen molar-refractivity contribution in [2.45, 2.75) is 40.0 Å². The van der Waals surface area contributed by atoms with Crippen molar-refractivity contribution in [3.8, 4) is 0 Å². The van der Waals surface area contributed by atoms with Crippen LogP contribution < -0.4 is 5.73 Å². The Kier molecular flexibility index (Phi) is 6.29. The standard InChI is InChI=1S/C13H25N3O2/c1-9(2)12(10(3)4)13-15-11(18-16-13)5-7-17-8-6-14/h9-10,12H,5-8,14H2,1-4H3. The van der Waals surface area contributed by atoms with E-state index < -0.39 is 0 Å². The van der Waals surface area contributed by atoms with Crippen LogP contribution in [0.3, 0.4) is 0 Å². The lowest BCUT2D eigenvalue weighted by Gasteiger charge is -2.20. The second-order valence-corrected chi connectivity index (χ2v) is 5.21. The molecule has 18 heavy (non-hydrogen) atoms. The van der Waals surface area contributed by atoms with Crippen molar-refractivity contribution in [1.82, 2.24) is 10.1 Å². The zero-order chi connectivity index (χ0) is 13.5. The van der Waals surface area contributed by atoms with Crippen LogP contribution in [0.25, 0.3) is 0 Å². The summed E-state index contributed by atoms with van der Waals surface area (Å²) >= 11 is 0. The van der Waals surface area contributed by atoms with Gasteiger partial charge in [-0.1, -0.05) is 32.9 Å². The Morgan fingerprint density at radius 3 is 2.39 bits per heavy atom. The van der Waals surface area contributed by atoms with E-state index in [4.69, 9.17) is 15.0 Å².